The predicted molar refractivity (Wildman–Crippen MR) is 87.8 cm³/mol. The molecule has 5 heteroatoms. The van der Waals surface area contributed by atoms with E-state index in [4.69, 9.17) is 11.6 Å². The van der Waals surface area contributed by atoms with Crippen LogP contribution in [0.3, 0.4) is 0 Å². The van der Waals surface area contributed by atoms with Crippen LogP contribution in [0.2, 0.25) is 5.02 Å². The molecule has 22 heavy (non-hydrogen) atoms. The second-order valence-electron chi connectivity index (χ2n) is 5.81. The highest BCUT2D eigenvalue weighted by Gasteiger charge is 2.21. The first kappa shape index (κ1) is 13.7. The summed E-state index contributed by atoms with van der Waals surface area (Å²) in [4.78, 5) is 11.4. The van der Waals surface area contributed by atoms with Crippen molar-refractivity contribution in [2.75, 3.05) is 6.54 Å². The first-order chi connectivity index (χ1) is 10.7. The topological polar surface area (TPSA) is 34.0 Å². The monoisotopic (exact) mass is 312 g/mol. The van der Waals surface area contributed by atoms with E-state index in [0.717, 1.165) is 47.5 Å². The Balaban J connectivity index is 1.66. The van der Waals surface area contributed by atoms with E-state index in [2.05, 4.69) is 32.5 Å². The molecule has 1 aliphatic rings. The van der Waals surface area contributed by atoms with E-state index in [0.29, 0.717) is 0 Å². The van der Waals surface area contributed by atoms with Gasteiger partial charge in [-0.15, -0.1) is 0 Å². The van der Waals surface area contributed by atoms with Gasteiger partial charge < -0.3 is 4.57 Å². The molecule has 0 fully saturated rings. The first-order valence-corrected chi connectivity index (χ1v) is 7.83. The number of aromatic nitrogens is 3. The summed E-state index contributed by atoms with van der Waals surface area (Å²) in [5, 5.41) is 1.93. The second-order valence-corrected chi connectivity index (χ2v) is 6.22. The van der Waals surface area contributed by atoms with Gasteiger partial charge in [0.15, 0.2) is 0 Å². The smallest absolute Gasteiger partial charge is 0.0949 e. The summed E-state index contributed by atoms with van der Waals surface area (Å²) in [7, 11) is 2.06. The maximum absolute atomic E-state index is 6.44. The number of hydrogen-bond donors (Lipinski definition) is 0. The second kappa shape index (κ2) is 5.38. The molecule has 0 saturated heterocycles. The highest BCUT2D eigenvalue weighted by atomic mass is 35.5. The normalized spacial score (nSPS) is 15.2. The summed E-state index contributed by atoms with van der Waals surface area (Å²) in [5.41, 5.74) is 4.64. The van der Waals surface area contributed by atoms with Crippen LogP contribution in [0.5, 0.6) is 0 Å². The van der Waals surface area contributed by atoms with Gasteiger partial charge in [0.25, 0.3) is 0 Å². The minimum atomic E-state index is 0.790. The Labute approximate surface area is 134 Å². The van der Waals surface area contributed by atoms with Gasteiger partial charge in [0.05, 0.1) is 17.5 Å². The van der Waals surface area contributed by atoms with Crippen molar-refractivity contribution in [2.24, 2.45) is 7.05 Å². The lowest BCUT2D eigenvalue weighted by molar-refractivity contribution is 0.241. The van der Waals surface area contributed by atoms with Gasteiger partial charge in [-0.05, 0) is 12.1 Å². The molecular formula is C17H17ClN4. The van der Waals surface area contributed by atoms with Crippen molar-refractivity contribution in [1.82, 2.24) is 19.4 Å². The van der Waals surface area contributed by atoms with Crippen molar-refractivity contribution in [3.63, 3.8) is 0 Å². The Morgan fingerprint density at radius 2 is 2.14 bits per heavy atom. The van der Waals surface area contributed by atoms with E-state index in [1.165, 1.54) is 11.4 Å². The predicted octanol–water partition coefficient (Wildman–Crippen LogP) is 3.18. The molecule has 1 aromatic carbocycles. The Bertz CT molecular complexity index is 840. The largest absolute Gasteiger partial charge is 0.337 e. The van der Waals surface area contributed by atoms with Crippen molar-refractivity contribution >= 4 is 22.5 Å². The Hall–Kier alpha value is -1.91. The molecule has 0 aliphatic carbocycles. The van der Waals surface area contributed by atoms with E-state index in [9.17, 15) is 0 Å². The summed E-state index contributed by atoms with van der Waals surface area (Å²) in [5.74, 6) is 0. The molecule has 4 rings (SSSR count). The highest BCUT2D eigenvalue weighted by Crippen LogP contribution is 2.27. The van der Waals surface area contributed by atoms with Crippen LogP contribution >= 0.6 is 11.6 Å². The fourth-order valence-corrected chi connectivity index (χ4v) is 3.41. The molecule has 2 aromatic heterocycles. The summed E-state index contributed by atoms with van der Waals surface area (Å²) in [6.07, 6.45) is 4.76. The number of aryl methyl sites for hydroxylation is 1. The molecular weight excluding hydrogens is 296 g/mol. The zero-order valence-corrected chi connectivity index (χ0v) is 13.2. The molecule has 3 heterocycles. The van der Waals surface area contributed by atoms with Gasteiger partial charge >= 0.3 is 0 Å². The van der Waals surface area contributed by atoms with Crippen LogP contribution in [0.25, 0.3) is 10.9 Å². The minimum absolute atomic E-state index is 0.790. The van der Waals surface area contributed by atoms with E-state index in [1.54, 1.807) is 0 Å². The molecule has 0 unspecified atom stereocenters. The number of benzene rings is 1. The Morgan fingerprint density at radius 3 is 3.05 bits per heavy atom. The van der Waals surface area contributed by atoms with Crippen LogP contribution in [-0.4, -0.2) is 26.0 Å². The number of halogens is 1. The molecule has 0 amide bonds. The molecule has 112 valence electrons. The van der Waals surface area contributed by atoms with Crippen molar-refractivity contribution < 1.29 is 0 Å². The minimum Gasteiger partial charge on any atom is -0.337 e. The van der Waals surface area contributed by atoms with Gasteiger partial charge in [-0.1, -0.05) is 23.7 Å². The molecule has 0 bridgehead atoms. The maximum atomic E-state index is 6.44. The van der Waals surface area contributed by atoms with Crippen LogP contribution in [0, 0.1) is 0 Å². The molecule has 0 atom stereocenters. The van der Waals surface area contributed by atoms with Gasteiger partial charge in [-0.3, -0.25) is 9.88 Å². The van der Waals surface area contributed by atoms with Crippen molar-refractivity contribution in [2.45, 2.75) is 19.5 Å². The van der Waals surface area contributed by atoms with E-state index in [1.807, 2.05) is 30.7 Å². The molecule has 0 N–H and O–H groups in total. The summed E-state index contributed by atoms with van der Waals surface area (Å²) in [6, 6.07) is 8.04. The summed E-state index contributed by atoms with van der Waals surface area (Å²) >= 11 is 6.44. The zero-order valence-electron chi connectivity index (χ0n) is 12.5. The highest BCUT2D eigenvalue weighted by molar-refractivity contribution is 6.32. The molecule has 0 saturated carbocycles. The van der Waals surface area contributed by atoms with Gasteiger partial charge in [-0.25, -0.2) is 4.98 Å². The van der Waals surface area contributed by atoms with Crippen LogP contribution in [0.1, 0.15) is 17.0 Å². The van der Waals surface area contributed by atoms with E-state index in [-0.39, 0.29) is 0 Å². The fourth-order valence-electron chi connectivity index (χ4n) is 3.20. The van der Waals surface area contributed by atoms with Crippen LogP contribution in [0.15, 0.2) is 36.8 Å². The maximum Gasteiger partial charge on any atom is 0.0949 e. The number of hydrogen-bond acceptors (Lipinski definition) is 3. The number of rotatable bonds is 2. The third-order valence-electron chi connectivity index (χ3n) is 4.39. The van der Waals surface area contributed by atoms with Crippen LogP contribution in [0.4, 0.5) is 0 Å². The lowest BCUT2D eigenvalue weighted by atomic mass is 10.1. The fraction of sp³-hybridized carbons (Fsp3) is 0.294. The Kier molecular flexibility index (Phi) is 3.36. The summed E-state index contributed by atoms with van der Waals surface area (Å²) in [6.45, 7) is 2.70. The Morgan fingerprint density at radius 1 is 1.23 bits per heavy atom. The van der Waals surface area contributed by atoms with Gasteiger partial charge in [0, 0.05) is 61.0 Å². The lowest BCUT2D eigenvalue weighted by Gasteiger charge is -2.27. The summed E-state index contributed by atoms with van der Waals surface area (Å²) < 4.78 is 2.12. The quantitative estimate of drug-likeness (QED) is 0.729. The number of fused-ring (bicyclic) bond motifs is 2. The standard InChI is InChI=1S/C17H17ClN4/c1-21-11-20-15-10-22(8-6-16(15)21)9-13-14(18)5-4-12-3-2-7-19-17(12)13/h2-5,7,11H,6,8-10H2,1H3. The molecule has 0 spiro atoms. The molecule has 1 aliphatic heterocycles. The van der Waals surface area contributed by atoms with Crippen molar-refractivity contribution in [3.8, 4) is 0 Å². The lowest BCUT2D eigenvalue weighted by Crippen LogP contribution is -2.31. The zero-order chi connectivity index (χ0) is 15.1. The van der Waals surface area contributed by atoms with Gasteiger partial charge in [-0.2, -0.15) is 0 Å². The first-order valence-electron chi connectivity index (χ1n) is 7.46. The molecule has 4 nitrogen and oxygen atoms in total. The SMILES string of the molecule is Cn1cnc2c1CCN(Cc1c(Cl)ccc3cccnc13)C2. The van der Waals surface area contributed by atoms with E-state index >= 15 is 0 Å². The van der Waals surface area contributed by atoms with Crippen molar-refractivity contribution in [1.29, 1.82) is 0 Å². The average Bonchev–Trinajstić information content (AvgIpc) is 2.91. The third-order valence-corrected chi connectivity index (χ3v) is 4.74. The third kappa shape index (κ3) is 2.28. The van der Waals surface area contributed by atoms with Gasteiger partial charge in [0.1, 0.15) is 0 Å². The molecule has 0 radical (unpaired) electrons. The number of pyridine rings is 1. The van der Waals surface area contributed by atoms with Crippen LogP contribution in [-0.2, 0) is 26.6 Å². The number of imidazole rings is 1. The van der Waals surface area contributed by atoms with Gasteiger partial charge in [0.2, 0.25) is 0 Å². The van der Waals surface area contributed by atoms with Crippen LogP contribution < -0.4 is 0 Å². The van der Waals surface area contributed by atoms with E-state index < -0.39 is 0 Å². The molecule has 3 aromatic rings. The van der Waals surface area contributed by atoms with Crippen molar-refractivity contribution in [3.05, 3.63) is 58.8 Å². The number of nitrogens with zero attached hydrogens (tertiary/aromatic N) is 4. The average molecular weight is 313 g/mol.